The number of benzene rings is 13. The Morgan fingerprint density at radius 2 is 0.783 bits per heavy atom. The van der Waals surface area contributed by atoms with Crippen molar-refractivity contribution in [3.8, 4) is 61.3 Å². The highest BCUT2D eigenvalue weighted by molar-refractivity contribution is 6.13. The van der Waals surface area contributed by atoms with E-state index >= 15 is 0 Å². The van der Waals surface area contributed by atoms with Gasteiger partial charge in [-0.15, -0.1) is 0 Å². The van der Waals surface area contributed by atoms with Crippen molar-refractivity contribution in [1.29, 1.82) is 0 Å². The van der Waals surface area contributed by atoms with Crippen molar-refractivity contribution in [2.75, 3.05) is 4.90 Å². The van der Waals surface area contributed by atoms with Crippen molar-refractivity contribution in [3.05, 3.63) is 336 Å². The largest absolute Gasteiger partial charge is 0.455 e. The minimum atomic E-state index is -0.539. The number of hydrogen-bond donors (Lipinski definition) is 0. The van der Waals surface area contributed by atoms with E-state index in [0.717, 1.165) is 55.7 Å². The zero-order valence-corrected chi connectivity index (χ0v) is 45.0. The molecule has 0 N–H and O–H groups in total. The Morgan fingerprint density at radius 1 is 0.301 bits per heavy atom. The number of furan rings is 1. The molecule has 0 fully saturated rings. The molecule has 384 valence electrons. The monoisotopic (exact) mass is 1050 g/mol. The fraction of sp³-hybridized carbons (Fsp3) is 0.0250. The summed E-state index contributed by atoms with van der Waals surface area (Å²) in [6, 6.07) is 109. The molecule has 0 radical (unpaired) electrons. The molecule has 19 rings (SSSR count). The second-order valence-electron chi connectivity index (χ2n) is 22.9. The molecule has 1 atom stereocenters. The Balaban J connectivity index is 0.801. The van der Waals surface area contributed by atoms with Gasteiger partial charge in [-0.05, 0) is 144 Å². The quantitative estimate of drug-likeness (QED) is 0.171. The summed E-state index contributed by atoms with van der Waals surface area (Å²) in [4.78, 5) is 2.49. The summed E-state index contributed by atoms with van der Waals surface area (Å²) >= 11 is 0. The summed E-state index contributed by atoms with van der Waals surface area (Å²) in [5.41, 5.74) is 30.6. The van der Waals surface area contributed by atoms with Crippen LogP contribution in [0.2, 0.25) is 0 Å². The maximum atomic E-state index is 6.60. The van der Waals surface area contributed by atoms with Gasteiger partial charge in [-0.25, -0.2) is 0 Å². The Morgan fingerprint density at radius 3 is 1.51 bits per heavy atom. The number of anilines is 3. The molecule has 1 aliphatic heterocycles. The summed E-state index contributed by atoms with van der Waals surface area (Å²) < 4.78 is 9.12. The van der Waals surface area contributed by atoms with Gasteiger partial charge in [0.1, 0.15) is 11.2 Å². The second kappa shape index (κ2) is 16.4. The van der Waals surface area contributed by atoms with Gasteiger partial charge < -0.3 is 13.9 Å². The fourth-order valence-electron chi connectivity index (χ4n) is 16.0. The molecule has 13 aromatic carbocycles. The minimum Gasteiger partial charge on any atom is -0.455 e. The molecule has 1 unspecified atom stereocenters. The number of fused-ring (bicyclic) bond motifs is 25. The standard InChI is InChI=1S/C80H48N2O/c1-7-27-64-55(18-1)56-19-2-8-28-65(56)79(64)67-30-10-4-23-63(67)76-69(79)32-17-36-74(76)81(53-45-40-50(41-46-53)54-24-15-26-62-60-22-6-14-37-75(60)83-78(54)62)52-43-38-49(39-44-52)51-42-47-58-57-20-3-9-29-66(57)80(71(58)48-51)68-31-11-13-35-73(68)82-72-34-12-5-21-59(72)61-25-16-33-70(80)77(61)82/h1-48H. The van der Waals surface area contributed by atoms with Crippen LogP contribution in [0, 0.1) is 0 Å². The predicted molar refractivity (Wildman–Crippen MR) is 341 cm³/mol. The number of nitrogens with zero attached hydrogens (tertiary/aromatic N) is 2. The Hall–Kier alpha value is -10.7. The van der Waals surface area contributed by atoms with E-state index in [4.69, 9.17) is 4.42 Å². The maximum absolute atomic E-state index is 6.60. The molecule has 0 amide bonds. The third kappa shape index (κ3) is 5.68. The van der Waals surface area contributed by atoms with Crippen LogP contribution in [0.1, 0.15) is 44.5 Å². The lowest BCUT2D eigenvalue weighted by atomic mass is 9.65. The molecule has 3 nitrogen and oxygen atoms in total. The Kier molecular flexibility index (Phi) is 8.92. The van der Waals surface area contributed by atoms with E-state index in [-0.39, 0.29) is 0 Å². The SMILES string of the molecule is c1ccc2c(c1)-c1ccccc1C21c2ccccc2-c2c(N(c3ccc(-c4ccc5c(c4)C4(c6ccccc6-5)c5ccccc5-n5c6ccccc6c6cccc4c65)cc3)c3ccc(-c4cccc5c4oc4ccccc45)cc3)cccc21. The molecule has 3 heterocycles. The first kappa shape index (κ1) is 45.0. The van der Waals surface area contributed by atoms with E-state index in [2.05, 4.69) is 295 Å². The first-order chi connectivity index (χ1) is 41.2. The first-order valence-corrected chi connectivity index (χ1v) is 28.9. The van der Waals surface area contributed by atoms with E-state index in [0.29, 0.717) is 0 Å². The van der Waals surface area contributed by atoms with Crippen molar-refractivity contribution >= 4 is 60.8 Å². The van der Waals surface area contributed by atoms with Crippen LogP contribution < -0.4 is 4.90 Å². The van der Waals surface area contributed by atoms with Crippen LogP contribution in [0.5, 0.6) is 0 Å². The highest BCUT2D eigenvalue weighted by atomic mass is 16.3. The van der Waals surface area contributed by atoms with Crippen LogP contribution in [-0.2, 0) is 10.8 Å². The number of aromatic nitrogens is 1. The minimum absolute atomic E-state index is 0.481. The molecule has 0 saturated carbocycles. The van der Waals surface area contributed by atoms with Gasteiger partial charge in [0.2, 0.25) is 0 Å². The zero-order valence-electron chi connectivity index (χ0n) is 45.0. The van der Waals surface area contributed by atoms with Gasteiger partial charge in [-0.1, -0.05) is 237 Å². The topological polar surface area (TPSA) is 21.3 Å². The summed E-state index contributed by atoms with van der Waals surface area (Å²) in [5, 5.41) is 4.82. The van der Waals surface area contributed by atoms with Gasteiger partial charge in [-0.3, -0.25) is 0 Å². The van der Waals surface area contributed by atoms with Gasteiger partial charge in [0.25, 0.3) is 0 Å². The Labute approximate surface area is 479 Å². The van der Waals surface area contributed by atoms with E-state index in [9.17, 15) is 0 Å². The molecule has 2 spiro atoms. The van der Waals surface area contributed by atoms with Crippen LogP contribution in [0.25, 0.3) is 105 Å². The van der Waals surface area contributed by atoms with Crippen molar-refractivity contribution < 1.29 is 4.42 Å². The van der Waals surface area contributed by atoms with E-state index < -0.39 is 10.8 Å². The fourth-order valence-corrected chi connectivity index (χ4v) is 16.0. The van der Waals surface area contributed by atoms with Gasteiger partial charge in [0.15, 0.2) is 0 Å². The highest BCUT2D eigenvalue weighted by Crippen LogP contribution is 2.66. The lowest BCUT2D eigenvalue weighted by Gasteiger charge is -2.39. The van der Waals surface area contributed by atoms with Gasteiger partial charge >= 0.3 is 0 Å². The van der Waals surface area contributed by atoms with Crippen molar-refractivity contribution in [3.63, 3.8) is 0 Å². The molecular weight excluding hydrogens is 1000 g/mol. The number of rotatable bonds is 5. The third-order valence-electron chi connectivity index (χ3n) is 19.2. The summed E-state index contributed by atoms with van der Waals surface area (Å²) in [6.45, 7) is 0. The molecule has 3 aliphatic carbocycles. The number of hydrogen-bond acceptors (Lipinski definition) is 2. The molecule has 0 bridgehead atoms. The normalized spacial score (nSPS) is 15.1. The Bertz CT molecular complexity index is 5240. The molecule has 2 aromatic heterocycles. The van der Waals surface area contributed by atoms with Gasteiger partial charge in [-0.2, -0.15) is 0 Å². The molecule has 4 aliphatic rings. The van der Waals surface area contributed by atoms with Gasteiger partial charge in [0, 0.05) is 44.0 Å². The zero-order chi connectivity index (χ0) is 54.1. The van der Waals surface area contributed by atoms with Crippen LogP contribution in [0.15, 0.2) is 296 Å². The average Bonchev–Trinajstić information content (AvgIpc) is 1.71. The van der Waals surface area contributed by atoms with Crippen LogP contribution in [-0.4, -0.2) is 4.57 Å². The third-order valence-corrected chi connectivity index (χ3v) is 19.2. The summed E-state index contributed by atoms with van der Waals surface area (Å²) in [7, 11) is 0. The van der Waals surface area contributed by atoms with E-state index in [1.54, 1.807) is 0 Å². The number of para-hydroxylation sites is 5. The summed E-state index contributed by atoms with van der Waals surface area (Å²) in [6.07, 6.45) is 0. The molecule has 0 saturated heterocycles. The van der Waals surface area contributed by atoms with Crippen LogP contribution >= 0.6 is 0 Å². The lowest BCUT2D eigenvalue weighted by Crippen LogP contribution is -2.33. The molecule has 83 heavy (non-hydrogen) atoms. The molecule has 15 aromatic rings. The highest BCUT2D eigenvalue weighted by Gasteiger charge is 2.53. The molecular formula is C80H48N2O. The van der Waals surface area contributed by atoms with E-state index in [1.165, 1.54) is 111 Å². The van der Waals surface area contributed by atoms with Crippen LogP contribution in [0.4, 0.5) is 17.1 Å². The first-order valence-electron chi connectivity index (χ1n) is 28.9. The smallest absolute Gasteiger partial charge is 0.143 e. The maximum Gasteiger partial charge on any atom is 0.143 e. The lowest BCUT2D eigenvalue weighted by molar-refractivity contribution is 0.670. The van der Waals surface area contributed by atoms with Crippen molar-refractivity contribution in [2.24, 2.45) is 0 Å². The van der Waals surface area contributed by atoms with Gasteiger partial charge in [0.05, 0.1) is 33.2 Å². The summed E-state index contributed by atoms with van der Waals surface area (Å²) in [5.74, 6) is 0. The van der Waals surface area contributed by atoms with Crippen LogP contribution in [0.3, 0.4) is 0 Å². The average molecular weight is 1050 g/mol. The van der Waals surface area contributed by atoms with Crippen molar-refractivity contribution in [1.82, 2.24) is 4.57 Å². The van der Waals surface area contributed by atoms with E-state index in [1.807, 2.05) is 6.07 Å². The predicted octanol–water partition coefficient (Wildman–Crippen LogP) is 20.5. The molecule has 3 heteroatoms. The second-order valence-corrected chi connectivity index (χ2v) is 22.9. The van der Waals surface area contributed by atoms with Crippen molar-refractivity contribution in [2.45, 2.75) is 10.8 Å².